The summed E-state index contributed by atoms with van der Waals surface area (Å²) >= 11 is 0. The summed E-state index contributed by atoms with van der Waals surface area (Å²) in [5.74, 6) is 1.12. The number of nitrogens with zero attached hydrogens (tertiary/aromatic N) is 2. The Hall–Kier alpha value is -2.25. The van der Waals surface area contributed by atoms with Gasteiger partial charge in [0, 0.05) is 23.7 Å². The zero-order chi connectivity index (χ0) is 17.6. The van der Waals surface area contributed by atoms with E-state index in [0.717, 1.165) is 29.7 Å². The average Bonchev–Trinajstić information content (AvgIpc) is 3.36. The van der Waals surface area contributed by atoms with Crippen LogP contribution in [-0.4, -0.2) is 25.1 Å². The van der Waals surface area contributed by atoms with Crippen LogP contribution in [-0.2, 0) is 10.0 Å². The molecule has 130 valence electrons. The van der Waals surface area contributed by atoms with Gasteiger partial charge in [0.1, 0.15) is 5.76 Å². The number of rotatable bonds is 5. The van der Waals surface area contributed by atoms with Crippen molar-refractivity contribution in [2.75, 3.05) is 6.54 Å². The summed E-state index contributed by atoms with van der Waals surface area (Å²) < 4.78 is 33.8. The fourth-order valence-electron chi connectivity index (χ4n) is 3.04. The van der Waals surface area contributed by atoms with E-state index in [9.17, 15) is 8.42 Å². The van der Waals surface area contributed by atoms with Gasteiger partial charge in [-0.05, 0) is 62.4 Å². The number of aryl methyl sites for hydroxylation is 2. The van der Waals surface area contributed by atoms with Crippen molar-refractivity contribution in [3.8, 4) is 11.1 Å². The molecule has 1 saturated carbocycles. The van der Waals surface area contributed by atoms with Crippen molar-refractivity contribution in [3.05, 3.63) is 41.9 Å². The summed E-state index contributed by atoms with van der Waals surface area (Å²) in [5, 5.41) is 4.58. The highest BCUT2D eigenvalue weighted by atomic mass is 32.2. The van der Waals surface area contributed by atoms with Crippen LogP contribution in [0.5, 0.6) is 0 Å². The number of nitrogens with one attached hydrogen (secondary N) is 1. The van der Waals surface area contributed by atoms with Crippen molar-refractivity contribution < 1.29 is 12.9 Å². The zero-order valence-corrected chi connectivity index (χ0v) is 14.9. The van der Waals surface area contributed by atoms with Crippen molar-refractivity contribution in [1.82, 2.24) is 14.9 Å². The van der Waals surface area contributed by atoms with Gasteiger partial charge in [0.05, 0.1) is 16.1 Å². The fraction of sp³-hybridized carbons (Fsp3) is 0.333. The molecule has 1 aliphatic rings. The highest BCUT2D eigenvalue weighted by molar-refractivity contribution is 7.89. The summed E-state index contributed by atoms with van der Waals surface area (Å²) in [6.45, 7) is 4.14. The molecule has 1 fully saturated rings. The van der Waals surface area contributed by atoms with Gasteiger partial charge in [-0.2, -0.15) is 0 Å². The number of hydrogen-bond acceptors (Lipinski definition) is 5. The minimum atomic E-state index is -3.62. The average molecular weight is 357 g/mol. The highest BCUT2D eigenvalue weighted by Gasteiger charge is 2.26. The third-order valence-electron chi connectivity index (χ3n) is 4.55. The Morgan fingerprint density at radius 2 is 2.08 bits per heavy atom. The van der Waals surface area contributed by atoms with E-state index in [4.69, 9.17) is 4.52 Å². The Balaban J connectivity index is 1.90. The van der Waals surface area contributed by atoms with Crippen molar-refractivity contribution in [3.63, 3.8) is 0 Å². The SMILES string of the molecule is Cc1noc(C)c1-c1cc(S(=O)(=O)NCC2CC2)c2cccnc2c1. The lowest BCUT2D eigenvalue weighted by atomic mass is 10.0. The molecule has 0 radical (unpaired) electrons. The number of hydrogen-bond donors (Lipinski definition) is 1. The lowest BCUT2D eigenvalue weighted by Crippen LogP contribution is -2.26. The Kier molecular flexibility index (Phi) is 3.85. The molecule has 4 rings (SSSR count). The quantitative estimate of drug-likeness (QED) is 0.758. The number of benzene rings is 1. The standard InChI is InChI=1S/C18H19N3O3S/c1-11-18(12(2)24-21-11)14-8-16-15(4-3-7-19-16)17(9-14)25(22,23)20-10-13-5-6-13/h3-4,7-9,13,20H,5-6,10H2,1-2H3. The molecule has 1 aliphatic carbocycles. The normalized spacial score (nSPS) is 15.0. The topological polar surface area (TPSA) is 85.1 Å². The Morgan fingerprint density at radius 3 is 2.76 bits per heavy atom. The van der Waals surface area contributed by atoms with Gasteiger partial charge >= 0.3 is 0 Å². The molecular weight excluding hydrogens is 338 g/mol. The molecule has 0 saturated heterocycles. The predicted molar refractivity (Wildman–Crippen MR) is 94.6 cm³/mol. The van der Waals surface area contributed by atoms with E-state index in [1.54, 1.807) is 24.4 Å². The first-order valence-corrected chi connectivity index (χ1v) is 9.76. The number of pyridine rings is 1. The summed E-state index contributed by atoms with van der Waals surface area (Å²) in [7, 11) is -3.62. The summed E-state index contributed by atoms with van der Waals surface area (Å²) in [4.78, 5) is 4.59. The molecule has 1 aromatic carbocycles. The van der Waals surface area contributed by atoms with E-state index in [1.807, 2.05) is 19.9 Å². The van der Waals surface area contributed by atoms with Crippen molar-refractivity contribution in [2.24, 2.45) is 5.92 Å². The van der Waals surface area contributed by atoms with Crippen LogP contribution in [0.25, 0.3) is 22.0 Å². The van der Waals surface area contributed by atoms with Crippen LogP contribution in [0.1, 0.15) is 24.3 Å². The molecule has 0 unspecified atom stereocenters. The second kappa shape index (κ2) is 5.93. The van der Waals surface area contributed by atoms with Gasteiger partial charge in [-0.15, -0.1) is 0 Å². The van der Waals surface area contributed by atoms with E-state index >= 15 is 0 Å². The summed E-state index contributed by atoms with van der Waals surface area (Å²) in [6.07, 6.45) is 3.83. The van der Waals surface area contributed by atoms with Gasteiger partial charge in [0.2, 0.25) is 10.0 Å². The number of aromatic nitrogens is 2. The van der Waals surface area contributed by atoms with Crippen molar-refractivity contribution in [1.29, 1.82) is 0 Å². The van der Waals surface area contributed by atoms with Crippen LogP contribution in [0.4, 0.5) is 0 Å². The van der Waals surface area contributed by atoms with E-state index < -0.39 is 10.0 Å². The van der Waals surface area contributed by atoms with Crippen LogP contribution < -0.4 is 4.72 Å². The predicted octanol–water partition coefficient (Wildman–Crippen LogP) is 3.19. The number of sulfonamides is 1. The van der Waals surface area contributed by atoms with Crippen LogP contribution >= 0.6 is 0 Å². The molecule has 6 nitrogen and oxygen atoms in total. The Labute approximate surface area is 146 Å². The van der Waals surface area contributed by atoms with Crippen LogP contribution in [0.15, 0.2) is 39.9 Å². The largest absolute Gasteiger partial charge is 0.361 e. The molecule has 25 heavy (non-hydrogen) atoms. The molecule has 0 spiro atoms. The minimum absolute atomic E-state index is 0.244. The second-order valence-electron chi connectivity index (χ2n) is 6.54. The van der Waals surface area contributed by atoms with Gasteiger partial charge < -0.3 is 4.52 Å². The maximum Gasteiger partial charge on any atom is 0.241 e. The first-order valence-electron chi connectivity index (χ1n) is 8.27. The molecule has 2 heterocycles. The van der Waals surface area contributed by atoms with Crippen molar-refractivity contribution >= 4 is 20.9 Å². The first kappa shape index (κ1) is 16.2. The van der Waals surface area contributed by atoms with E-state index in [0.29, 0.717) is 29.1 Å². The van der Waals surface area contributed by atoms with Crippen LogP contribution in [0.2, 0.25) is 0 Å². The van der Waals surface area contributed by atoms with Crippen molar-refractivity contribution in [2.45, 2.75) is 31.6 Å². The first-order chi connectivity index (χ1) is 12.0. The van der Waals surface area contributed by atoms with E-state index in [2.05, 4.69) is 14.9 Å². The zero-order valence-electron chi connectivity index (χ0n) is 14.1. The fourth-order valence-corrected chi connectivity index (χ4v) is 4.39. The minimum Gasteiger partial charge on any atom is -0.361 e. The van der Waals surface area contributed by atoms with Crippen LogP contribution in [0, 0.1) is 19.8 Å². The molecule has 7 heteroatoms. The Morgan fingerprint density at radius 1 is 1.28 bits per heavy atom. The lowest BCUT2D eigenvalue weighted by Gasteiger charge is -2.11. The van der Waals surface area contributed by atoms with E-state index in [-0.39, 0.29) is 4.90 Å². The lowest BCUT2D eigenvalue weighted by molar-refractivity contribution is 0.393. The number of fused-ring (bicyclic) bond motifs is 1. The molecular formula is C18H19N3O3S. The smallest absolute Gasteiger partial charge is 0.241 e. The van der Waals surface area contributed by atoms with Gasteiger partial charge in [-0.3, -0.25) is 4.98 Å². The Bertz CT molecular complexity index is 1030. The molecule has 1 N–H and O–H groups in total. The van der Waals surface area contributed by atoms with Crippen LogP contribution in [0.3, 0.4) is 0 Å². The highest BCUT2D eigenvalue weighted by Crippen LogP contribution is 2.33. The maximum absolute atomic E-state index is 12.9. The third-order valence-corrected chi connectivity index (χ3v) is 6.02. The van der Waals surface area contributed by atoms with E-state index in [1.165, 1.54) is 0 Å². The molecule has 0 atom stereocenters. The summed E-state index contributed by atoms with van der Waals surface area (Å²) in [6, 6.07) is 7.09. The molecule has 3 aromatic rings. The molecule has 0 bridgehead atoms. The molecule has 0 amide bonds. The van der Waals surface area contributed by atoms with Gasteiger partial charge in [0.15, 0.2) is 0 Å². The monoisotopic (exact) mass is 357 g/mol. The molecule has 0 aliphatic heterocycles. The summed E-state index contributed by atoms with van der Waals surface area (Å²) in [5.41, 5.74) is 2.91. The second-order valence-corrected chi connectivity index (χ2v) is 8.27. The maximum atomic E-state index is 12.9. The molecule has 2 aromatic heterocycles. The van der Waals surface area contributed by atoms with Gasteiger partial charge in [-0.25, -0.2) is 13.1 Å². The van der Waals surface area contributed by atoms with Gasteiger partial charge in [0.25, 0.3) is 0 Å². The van der Waals surface area contributed by atoms with Gasteiger partial charge in [-0.1, -0.05) is 5.16 Å². The third kappa shape index (κ3) is 3.05.